The molecule has 1 aromatic carbocycles. The van der Waals surface area contributed by atoms with Gasteiger partial charge in [-0.2, -0.15) is 0 Å². The highest BCUT2D eigenvalue weighted by atomic mass is 35.5. The molecule has 1 aliphatic carbocycles. The fourth-order valence-corrected chi connectivity index (χ4v) is 3.95. The number of fused-ring (bicyclic) bond motifs is 1. The number of anilines is 2. The molecule has 1 N–H and O–H groups in total. The Labute approximate surface area is 181 Å². The number of rotatable bonds is 4. The maximum absolute atomic E-state index is 13.1. The number of nitrogens with zero attached hydrogens (tertiary/aromatic N) is 4. The first kappa shape index (κ1) is 18.8. The number of carbonyl (C=O) groups excluding carboxylic acids is 1. The van der Waals surface area contributed by atoms with E-state index in [0.717, 1.165) is 11.5 Å². The van der Waals surface area contributed by atoms with Gasteiger partial charge in [0, 0.05) is 36.8 Å². The third kappa shape index (κ3) is 3.36. The maximum atomic E-state index is 13.1. The molecule has 0 amide bonds. The molecule has 1 aliphatic rings. The summed E-state index contributed by atoms with van der Waals surface area (Å²) in [4.78, 5) is 21.8. The van der Waals surface area contributed by atoms with Crippen molar-refractivity contribution in [2.45, 2.75) is 18.8 Å². The monoisotopic (exact) mass is 439 g/mol. The van der Waals surface area contributed by atoms with Crippen LogP contribution in [-0.2, 0) is 6.42 Å². The lowest BCUT2D eigenvalue weighted by molar-refractivity contribution is 0.0960. The van der Waals surface area contributed by atoms with Gasteiger partial charge in [-0.05, 0) is 36.4 Å². The average molecular weight is 440 g/mol. The second-order valence-corrected chi connectivity index (χ2v) is 7.74. The maximum Gasteiger partial charge on any atom is 0.250 e. The summed E-state index contributed by atoms with van der Waals surface area (Å²) in [6, 6.07) is 10.6. The minimum absolute atomic E-state index is 0.0256. The Hall–Kier alpha value is -3.16. The van der Waals surface area contributed by atoms with E-state index in [9.17, 15) is 4.79 Å². The number of nitrogens with one attached hydrogen (secondary N) is 1. The summed E-state index contributed by atoms with van der Waals surface area (Å²) in [5.74, 6) is 1.50. The fourth-order valence-electron chi connectivity index (χ4n) is 3.65. The van der Waals surface area contributed by atoms with Crippen molar-refractivity contribution in [3.05, 3.63) is 82.1 Å². The lowest BCUT2D eigenvalue weighted by atomic mass is 9.85. The van der Waals surface area contributed by atoms with E-state index < -0.39 is 0 Å². The summed E-state index contributed by atoms with van der Waals surface area (Å²) in [7, 11) is 0. The van der Waals surface area contributed by atoms with Crippen LogP contribution in [-0.4, -0.2) is 25.5 Å². The highest BCUT2D eigenvalue weighted by Crippen LogP contribution is 2.38. The van der Waals surface area contributed by atoms with Crippen LogP contribution < -0.4 is 5.32 Å². The number of halogens is 2. The summed E-state index contributed by atoms with van der Waals surface area (Å²) in [5, 5.41) is 8.68. The van der Waals surface area contributed by atoms with Crippen molar-refractivity contribution < 1.29 is 9.21 Å². The van der Waals surface area contributed by atoms with Crippen molar-refractivity contribution in [2.75, 3.05) is 5.32 Å². The number of aromatic nitrogens is 4. The zero-order valence-electron chi connectivity index (χ0n) is 15.5. The van der Waals surface area contributed by atoms with Crippen LogP contribution in [0.2, 0.25) is 10.0 Å². The number of carbonyl (C=O) groups is 1. The van der Waals surface area contributed by atoms with Gasteiger partial charge in [-0.25, -0.2) is 14.6 Å². The topological polar surface area (TPSA) is 85.8 Å². The van der Waals surface area contributed by atoms with Gasteiger partial charge in [0.05, 0.1) is 27.6 Å². The third-order valence-electron chi connectivity index (χ3n) is 5.00. The molecule has 0 saturated carbocycles. The van der Waals surface area contributed by atoms with E-state index in [1.165, 1.54) is 0 Å². The predicted molar refractivity (Wildman–Crippen MR) is 113 cm³/mol. The van der Waals surface area contributed by atoms with E-state index in [1.54, 1.807) is 47.6 Å². The lowest BCUT2D eigenvalue weighted by Gasteiger charge is -2.20. The van der Waals surface area contributed by atoms with E-state index in [-0.39, 0.29) is 11.7 Å². The predicted octanol–water partition coefficient (Wildman–Crippen LogP) is 5.22. The molecule has 150 valence electrons. The Morgan fingerprint density at radius 1 is 1.07 bits per heavy atom. The Bertz CT molecular complexity index is 1220. The lowest BCUT2D eigenvalue weighted by Crippen LogP contribution is -2.21. The molecule has 7 nitrogen and oxygen atoms in total. The molecule has 4 aromatic rings. The Morgan fingerprint density at radius 2 is 1.90 bits per heavy atom. The first-order valence-electron chi connectivity index (χ1n) is 9.28. The summed E-state index contributed by atoms with van der Waals surface area (Å²) >= 11 is 12.1. The van der Waals surface area contributed by atoms with Crippen LogP contribution in [0.5, 0.6) is 0 Å². The van der Waals surface area contributed by atoms with Gasteiger partial charge in [-0.3, -0.25) is 4.79 Å². The molecule has 3 heterocycles. The van der Waals surface area contributed by atoms with Crippen molar-refractivity contribution in [1.29, 1.82) is 0 Å². The van der Waals surface area contributed by atoms with Crippen LogP contribution in [0.3, 0.4) is 0 Å². The molecule has 3 aromatic heterocycles. The van der Waals surface area contributed by atoms with E-state index >= 15 is 0 Å². The first-order valence-corrected chi connectivity index (χ1v) is 10.0. The van der Waals surface area contributed by atoms with Gasteiger partial charge < -0.3 is 9.73 Å². The number of hydrogen-bond acceptors (Lipinski definition) is 6. The van der Waals surface area contributed by atoms with Crippen molar-refractivity contribution in [2.24, 2.45) is 0 Å². The van der Waals surface area contributed by atoms with Gasteiger partial charge in [-0.1, -0.05) is 23.2 Å². The Morgan fingerprint density at radius 3 is 2.63 bits per heavy atom. The molecule has 0 aliphatic heterocycles. The zero-order chi connectivity index (χ0) is 20.7. The van der Waals surface area contributed by atoms with Gasteiger partial charge in [0.1, 0.15) is 5.76 Å². The summed E-state index contributed by atoms with van der Waals surface area (Å²) in [6.07, 6.45) is 5.79. The number of hydrogen-bond donors (Lipinski definition) is 1. The molecule has 0 spiro atoms. The Kier molecular flexibility index (Phi) is 4.77. The van der Waals surface area contributed by atoms with Gasteiger partial charge in [0.25, 0.3) is 5.95 Å². The number of furan rings is 1. The van der Waals surface area contributed by atoms with Crippen LogP contribution in [0.1, 0.15) is 34.2 Å². The van der Waals surface area contributed by atoms with Gasteiger partial charge in [0.15, 0.2) is 11.6 Å². The summed E-state index contributed by atoms with van der Waals surface area (Å²) in [5.41, 5.74) is 1.93. The molecule has 1 unspecified atom stereocenters. The zero-order valence-corrected chi connectivity index (χ0v) is 17.1. The molecule has 0 fully saturated rings. The van der Waals surface area contributed by atoms with Crippen molar-refractivity contribution in [1.82, 2.24) is 19.7 Å². The van der Waals surface area contributed by atoms with Crippen LogP contribution in [0.25, 0.3) is 5.95 Å². The molecular weight excluding hydrogens is 425 g/mol. The second kappa shape index (κ2) is 7.59. The molecular formula is C21H15Cl2N5O2. The average Bonchev–Trinajstić information content (AvgIpc) is 3.40. The van der Waals surface area contributed by atoms with Crippen LogP contribution in [0, 0.1) is 0 Å². The summed E-state index contributed by atoms with van der Waals surface area (Å²) in [6.45, 7) is 0. The summed E-state index contributed by atoms with van der Waals surface area (Å²) < 4.78 is 7.17. The largest absolute Gasteiger partial charge is 0.469 e. The van der Waals surface area contributed by atoms with Crippen molar-refractivity contribution in [3.8, 4) is 5.95 Å². The van der Waals surface area contributed by atoms with Crippen LogP contribution in [0.4, 0.5) is 11.5 Å². The molecule has 30 heavy (non-hydrogen) atoms. The third-order valence-corrected chi connectivity index (χ3v) is 5.74. The number of benzene rings is 1. The van der Waals surface area contributed by atoms with Crippen molar-refractivity contribution in [3.63, 3.8) is 0 Å². The first-order chi connectivity index (χ1) is 14.6. The molecule has 0 saturated heterocycles. The number of Topliss-reactive ketones (excluding diaryl/α,β-unsaturated/α-hetero) is 1. The quantitative estimate of drug-likeness (QED) is 0.469. The Balaban J connectivity index is 1.61. The SMILES string of the molecule is O=C1CC(c2ccco2)Cc2c1c(Nc1ccc(Cl)c(Cl)c1)nn2-c1ncccn1. The van der Waals surface area contributed by atoms with Gasteiger partial charge in [0.2, 0.25) is 0 Å². The minimum atomic E-state index is -0.0722. The molecule has 5 rings (SSSR count). The molecule has 1 atom stereocenters. The molecule has 0 radical (unpaired) electrons. The molecule has 9 heteroatoms. The van der Waals surface area contributed by atoms with Gasteiger partial charge in [-0.15, -0.1) is 5.10 Å². The number of ketones is 1. The normalized spacial score (nSPS) is 15.8. The standard InChI is InChI=1S/C21H15Cl2N5O2/c22-14-5-4-13(11-15(14)23)26-20-19-16(28(27-20)21-24-6-2-7-25-21)9-12(10-17(19)29)18-3-1-8-30-18/h1-8,11-12H,9-10H2,(H,26,27). The van der Waals surface area contributed by atoms with E-state index in [0.29, 0.717) is 45.9 Å². The second-order valence-electron chi connectivity index (χ2n) is 6.93. The highest BCUT2D eigenvalue weighted by molar-refractivity contribution is 6.42. The van der Waals surface area contributed by atoms with E-state index in [4.69, 9.17) is 27.6 Å². The van der Waals surface area contributed by atoms with Crippen LogP contribution >= 0.6 is 23.2 Å². The van der Waals surface area contributed by atoms with E-state index in [1.807, 2.05) is 12.1 Å². The smallest absolute Gasteiger partial charge is 0.250 e. The van der Waals surface area contributed by atoms with E-state index in [2.05, 4.69) is 20.4 Å². The highest BCUT2D eigenvalue weighted by Gasteiger charge is 2.35. The van der Waals surface area contributed by atoms with Crippen LogP contribution in [0.15, 0.2) is 59.5 Å². The van der Waals surface area contributed by atoms with Gasteiger partial charge >= 0.3 is 0 Å². The molecule has 0 bridgehead atoms. The fraction of sp³-hybridized carbons (Fsp3) is 0.143. The minimum Gasteiger partial charge on any atom is -0.469 e. The van der Waals surface area contributed by atoms with Crippen molar-refractivity contribution >= 4 is 40.5 Å².